The number of benzene rings is 2. The zero-order valence-electron chi connectivity index (χ0n) is 10.9. The van der Waals surface area contributed by atoms with E-state index in [-0.39, 0.29) is 5.82 Å². The largest absolute Gasteiger partial charge is 0.327 e. The van der Waals surface area contributed by atoms with Gasteiger partial charge in [0, 0.05) is 19.2 Å². The lowest BCUT2D eigenvalue weighted by Crippen LogP contribution is -1.97. The van der Waals surface area contributed by atoms with Crippen molar-refractivity contribution < 1.29 is 4.39 Å². The number of imidazole rings is 1. The molecule has 0 aliphatic carbocycles. The zero-order valence-corrected chi connectivity index (χ0v) is 12.5. The number of nitrogens with zero attached hydrogens (tertiary/aromatic N) is 2. The van der Waals surface area contributed by atoms with Gasteiger partial charge in [0.15, 0.2) is 0 Å². The lowest BCUT2D eigenvalue weighted by molar-refractivity contribution is 0.621. The van der Waals surface area contributed by atoms with Crippen LogP contribution in [0, 0.1) is 5.82 Å². The number of hydrogen-bond donors (Lipinski definition) is 1. The van der Waals surface area contributed by atoms with Crippen molar-refractivity contribution in [2.45, 2.75) is 6.54 Å². The molecule has 1 heterocycles. The average molecular weight is 334 g/mol. The van der Waals surface area contributed by atoms with Gasteiger partial charge in [0.25, 0.3) is 0 Å². The maximum atomic E-state index is 13.7. The predicted octanol–water partition coefficient (Wildman–Crippen LogP) is 3.60. The van der Waals surface area contributed by atoms with Crippen molar-refractivity contribution >= 4 is 27.0 Å². The molecule has 3 rings (SSSR count). The second-order valence-electron chi connectivity index (χ2n) is 4.62. The molecule has 0 saturated carbocycles. The van der Waals surface area contributed by atoms with Gasteiger partial charge in [0.05, 0.1) is 15.5 Å². The summed E-state index contributed by atoms with van der Waals surface area (Å²) in [5.74, 6) is 0.428. The van der Waals surface area contributed by atoms with E-state index in [9.17, 15) is 4.39 Å². The van der Waals surface area contributed by atoms with Crippen LogP contribution in [0.15, 0.2) is 40.9 Å². The normalized spacial score (nSPS) is 11.2. The standard InChI is InChI=1S/C15H13BrFN3/c1-20-13-7-9(8-18)5-6-12(13)19-15(20)10-3-2-4-11(17)14(10)16/h2-7H,8,18H2,1H3. The number of nitrogens with two attached hydrogens (primary N) is 1. The first-order valence-electron chi connectivity index (χ1n) is 6.21. The highest BCUT2D eigenvalue weighted by Gasteiger charge is 2.14. The Morgan fingerprint density at radius 2 is 2.10 bits per heavy atom. The molecule has 2 aromatic carbocycles. The lowest BCUT2D eigenvalue weighted by atomic mass is 10.2. The summed E-state index contributed by atoms with van der Waals surface area (Å²) in [6.07, 6.45) is 0. The Hall–Kier alpha value is -1.72. The van der Waals surface area contributed by atoms with E-state index in [2.05, 4.69) is 20.9 Å². The third-order valence-corrected chi connectivity index (χ3v) is 4.18. The molecule has 0 unspecified atom stereocenters. The smallest absolute Gasteiger partial charge is 0.142 e. The van der Waals surface area contributed by atoms with E-state index < -0.39 is 0 Å². The quantitative estimate of drug-likeness (QED) is 0.778. The van der Waals surface area contributed by atoms with Gasteiger partial charge >= 0.3 is 0 Å². The van der Waals surface area contributed by atoms with E-state index in [0.717, 1.165) is 28.0 Å². The summed E-state index contributed by atoms with van der Waals surface area (Å²) < 4.78 is 16.1. The molecule has 0 aliphatic heterocycles. The SMILES string of the molecule is Cn1c(-c2cccc(F)c2Br)nc2ccc(CN)cc21. The third-order valence-electron chi connectivity index (χ3n) is 3.37. The van der Waals surface area contributed by atoms with Crippen molar-refractivity contribution in [3.8, 4) is 11.4 Å². The van der Waals surface area contributed by atoms with Gasteiger partial charge < -0.3 is 10.3 Å². The van der Waals surface area contributed by atoms with Crippen LogP contribution in [-0.4, -0.2) is 9.55 Å². The topological polar surface area (TPSA) is 43.8 Å². The number of rotatable bonds is 2. The summed E-state index contributed by atoms with van der Waals surface area (Å²) in [4.78, 5) is 4.59. The minimum Gasteiger partial charge on any atom is -0.327 e. The minimum absolute atomic E-state index is 0.294. The Balaban J connectivity index is 2.27. The van der Waals surface area contributed by atoms with Crippen LogP contribution in [0.3, 0.4) is 0 Å². The number of fused-ring (bicyclic) bond motifs is 1. The van der Waals surface area contributed by atoms with Gasteiger partial charge in [0.2, 0.25) is 0 Å². The molecule has 0 fully saturated rings. The molecular weight excluding hydrogens is 321 g/mol. The number of hydrogen-bond acceptors (Lipinski definition) is 2. The minimum atomic E-state index is -0.294. The molecule has 3 nitrogen and oxygen atoms in total. The van der Waals surface area contributed by atoms with Crippen molar-refractivity contribution in [2.24, 2.45) is 12.8 Å². The maximum Gasteiger partial charge on any atom is 0.142 e. The summed E-state index contributed by atoms with van der Waals surface area (Å²) in [6, 6.07) is 10.9. The molecule has 1 aromatic heterocycles. The number of aryl methyl sites for hydroxylation is 1. The first-order chi connectivity index (χ1) is 9.61. The Morgan fingerprint density at radius 1 is 1.30 bits per heavy atom. The fourth-order valence-electron chi connectivity index (χ4n) is 2.28. The molecule has 3 aromatic rings. The summed E-state index contributed by atoms with van der Waals surface area (Å²) in [6.45, 7) is 0.486. The van der Waals surface area contributed by atoms with E-state index >= 15 is 0 Å². The lowest BCUT2D eigenvalue weighted by Gasteiger charge is -2.06. The fraction of sp³-hybridized carbons (Fsp3) is 0.133. The van der Waals surface area contributed by atoms with Crippen molar-refractivity contribution in [2.75, 3.05) is 0 Å². The van der Waals surface area contributed by atoms with Crippen LogP contribution in [0.1, 0.15) is 5.56 Å². The molecule has 0 spiro atoms. The van der Waals surface area contributed by atoms with Gasteiger partial charge in [0.1, 0.15) is 11.6 Å². The Kier molecular flexibility index (Phi) is 3.31. The Morgan fingerprint density at radius 3 is 2.85 bits per heavy atom. The van der Waals surface area contributed by atoms with Gasteiger partial charge in [-0.2, -0.15) is 0 Å². The van der Waals surface area contributed by atoms with E-state index in [4.69, 9.17) is 5.73 Å². The zero-order chi connectivity index (χ0) is 14.3. The van der Waals surface area contributed by atoms with Crippen LogP contribution < -0.4 is 5.73 Å². The third kappa shape index (κ3) is 2.03. The molecule has 2 N–H and O–H groups in total. The van der Waals surface area contributed by atoms with Crippen LogP contribution in [-0.2, 0) is 13.6 Å². The first-order valence-corrected chi connectivity index (χ1v) is 7.01. The van der Waals surface area contributed by atoms with Gasteiger partial charge in [-0.15, -0.1) is 0 Å². The highest BCUT2D eigenvalue weighted by atomic mass is 79.9. The van der Waals surface area contributed by atoms with E-state index in [1.807, 2.05) is 35.9 Å². The molecule has 0 amide bonds. The molecule has 0 saturated heterocycles. The van der Waals surface area contributed by atoms with E-state index in [1.165, 1.54) is 6.07 Å². The van der Waals surface area contributed by atoms with Crippen molar-refractivity contribution in [3.63, 3.8) is 0 Å². The van der Waals surface area contributed by atoms with Crippen LogP contribution >= 0.6 is 15.9 Å². The van der Waals surface area contributed by atoms with Gasteiger partial charge in [-0.3, -0.25) is 0 Å². The van der Waals surface area contributed by atoms with Crippen molar-refractivity contribution in [1.29, 1.82) is 0 Å². The van der Waals surface area contributed by atoms with Crippen LogP contribution in [0.25, 0.3) is 22.4 Å². The Bertz CT molecular complexity index is 795. The second-order valence-corrected chi connectivity index (χ2v) is 5.42. The number of halogens is 2. The molecule has 20 heavy (non-hydrogen) atoms. The van der Waals surface area contributed by atoms with Gasteiger partial charge in [-0.1, -0.05) is 12.1 Å². The molecule has 102 valence electrons. The second kappa shape index (κ2) is 5.00. The highest BCUT2D eigenvalue weighted by Crippen LogP contribution is 2.31. The predicted molar refractivity (Wildman–Crippen MR) is 81.7 cm³/mol. The average Bonchev–Trinajstić information content (AvgIpc) is 2.78. The van der Waals surface area contributed by atoms with Crippen LogP contribution in [0.5, 0.6) is 0 Å². The van der Waals surface area contributed by atoms with Crippen molar-refractivity contribution in [1.82, 2.24) is 9.55 Å². The van der Waals surface area contributed by atoms with Gasteiger partial charge in [-0.25, -0.2) is 9.37 Å². The summed E-state index contributed by atoms with van der Waals surface area (Å²) >= 11 is 3.29. The molecule has 0 aliphatic rings. The van der Waals surface area contributed by atoms with E-state index in [1.54, 1.807) is 6.07 Å². The number of aromatic nitrogens is 2. The molecule has 0 bridgehead atoms. The summed E-state index contributed by atoms with van der Waals surface area (Å²) in [5.41, 5.74) is 9.30. The summed E-state index contributed by atoms with van der Waals surface area (Å²) in [5, 5.41) is 0. The fourth-order valence-corrected chi connectivity index (χ4v) is 2.72. The molecule has 5 heteroatoms. The monoisotopic (exact) mass is 333 g/mol. The highest BCUT2D eigenvalue weighted by molar-refractivity contribution is 9.10. The van der Waals surface area contributed by atoms with E-state index in [0.29, 0.717) is 11.0 Å². The first kappa shape index (κ1) is 13.3. The van der Waals surface area contributed by atoms with Gasteiger partial charge in [-0.05, 0) is 45.8 Å². The maximum absolute atomic E-state index is 13.7. The van der Waals surface area contributed by atoms with Crippen LogP contribution in [0.2, 0.25) is 0 Å². The molecular formula is C15H13BrFN3. The summed E-state index contributed by atoms with van der Waals surface area (Å²) in [7, 11) is 1.92. The Labute approximate surface area is 124 Å². The van der Waals surface area contributed by atoms with Crippen LogP contribution in [0.4, 0.5) is 4.39 Å². The van der Waals surface area contributed by atoms with Crippen molar-refractivity contribution in [3.05, 3.63) is 52.3 Å². The molecule has 0 radical (unpaired) electrons. The molecule has 0 atom stereocenters.